The van der Waals surface area contributed by atoms with Crippen molar-refractivity contribution in [1.29, 1.82) is 0 Å². The van der Waals surface area contributed by atoms with E-state index >= 15 is 0 Å². The molecule has 3 aromatic rings. The predicted octanol–water partition coefficient (Wildman–Crippen LogP) is 4.91. The van der Waals surface area contributed by atoms with Crippen LogP contribution in [-0.4, -0.2) is 44.9 Å². The van der Waals surface area contributed by atoms with Gasteiger partial charge in [0.15, 0.2) is 11.5 Å². The second-order valence-corrected chi connectivity index (χ2v) is 9.73. The zero-order valence-corrected chi connectivity index (χ0v) is 19.9. The summed E-state index contributed by atoms with van der Waals surface area (Å²) < 4.78 is 50.8. The van der Waals surface area contributed by atoms with E-state index in [0.717, 1.165) is 37.8 Å². The number of aliphatic hydroxyl groups excluding tert-OH is 1. The summed E-state index contributed by atoms with van der Waals surface area (Å²) in [6, 6.07) is 6.12. The Morgan fingerprint density at radius 3 is 2.53 bits per heavy atom. The summed E-state index contributed by atoms with van der Waals surface area (Å²) in [5.41, 5.74) is -1.79. The minimum atomic E-state index is -4.69. The van der Waals surface area contributed by atoms with Gasteiger partial charge in [-0.2, -0.15) is 13.2 Å². The van der Waals surface area contributed by atoms with E-state index in [1.54, 1.807) is 19.9 Å². The molecule has 3 N–H and O–H groups in total. The summed E-state index contributed by atoms with van der Waals surface area (Å²) >= 11 is 0. The van der Waals surface area contributed by atoms with Gasteiger partial charge in [-0.3, -0.25) is 4.79 Å². The van der Waals surface area contributed by atoms with E-state index in [4.69, 9.17) is 9.15 Å². The van der Waals surface area contributed by atoms with Crippen LogP contribution in [0.4, 0.5) is 18.9 Å². The number of oxazole rings is 1. The van der Waals surface area contributed by atoms with Gasteiger partial charge in [-0.1, -0.05) is 6.07 Å². The molecule has 0 atom stereocenters. The lowest BCUT2D eigenvalue weighted by atomic mass is 9.82. The van der Waals surface area contributed by atoms with E-state index in [-0.39, 0.29) is 36.5 Å². The third-order valence-corrected chi connectivity index (χ3v) is 6.06. The number of halogens is 3. The topological polar surface area (TPSA) is 118 Å². The fourth-order valence-corrected chi connectivity index (χ4v) is 4.12. The van der Waals surface area contributed by atoms with E-state index in [9.17, 15) is 28.2 Å². The highest BCUT2D eigenvalue weighted by atomic mass is 19.4. The molecule has 0 aliphatic heterocycles. The highest BCUT2D eigenvalue weighted by molar-refractivity contribution is 6.04. The Hall–Kier alpha value is -3.18. The monoisotopic (exact) mass is 507 g/mol. The van der Waals surface area contributed by atoms with Crippen molar-refractivity contribution in [3.05, 3.63) is 47.6 Å². The number of nitrogens with one attached hydrogen (secondary N) is 1. The summed E-state index contributed by atoms with van der Waals surface area (Å²) in [6.45, 7) is 3.14. The van der Waals surface area contributed by atoms with Gasteiger partial charge in [0.25, 0.3) is 5.91 Å². The smallest absolute Gasteiger partial charge is 0.433 e. The summed E-state index contributed by atoms with van der Waals surface area (Å²) in [4.78, 5) is 20.8. The summed E-state index contributed by atoms with van der Waals surface area (Å²) in [5.74, 6) is 0.217. The number of amides is 1. The minimum absolute atomic E-state index is 0.0910. The van der Waals surface area contributed by atoms with E-state index in [2.05, 4.69) is 15.3 Å². The molecule has 1 aliphatic rings. The Morgan fingerprint density at radius 1 is 1.17 bits per heavy atom. The molecule has 0 saturated heterocycles. The van der Waals surface area contributed by atoms with Crippen molar-refractivity contribution in [2.75, 3.05) is 18.5 Å². The predicted molar refractivity (Wildman–Crippen MR) is 125 cm³/mol. The molecule has 1 aromatic carbocycles. The zero-order chi connectivity index (χ0) is 26.1. The SMILES string of the molecule is CC(C)(O)COc1cc2nc(C3CCC(CO)CC3)oc2cc1NC(=O)c1cccc(C(F)(F)F)n1. The van der Waals surface area contributed by atoms with E-state index in [1.165, 1.54) is 12.1 Å². The average molecular weight is 508 g/mol. The van der Waals surface area contributed by atoms with Crippen LogP contribution in [0.15, 0.2) is 34.7 Å². The van der Waals surface area contributed by atoms with Crippen molar-refractivity contribution < 1.29 is 37.3 Å². The molecule has 0 bridgehead atoms. The number of benzene rings is 1. The van der Waals surface area contributed by atoms with Crippen LogP contribution in [-0.2, 0) is 6.18 Å². The molecular weight excluding hydrogens is 479 g/mol. The van der Waals surface area contributed by atoms with Crippen LogP contribution >= 0.6 is 0 Å². The van der Waals surface area contributed by atoms with Crippen LogP contribution in [0.1, 0.15) is 67.5 Å². The first-order valence-corrected chi connectivity index (χ1v) is 11.7. The number of alkyl halides is 3. The Bertz CT molecular complexity index is 1230. The van der Waals surface area contributed by atoms with Gasteiger partial charge < -0.3 is 24.7 Å². The number of aliphatic hydroxyl groups is 2. The van der Waals surface area contributed by atoms with Crippen LogP contribution in [0.3, 0.4) is 0 Å². The van der Waals surface area contributed by atoms with Crippen LogP contribution in [0.2, 0.25) is 0 Å². The number of carbonyl (C=O) groups excluding carboxylic acids is 1. The number of fused-ring (bicyclic) bond motifs is 1. The number of carbonyl (C=O) groups is 1. The van der Waals surface area contributed by atoms with Crippen molar-refractivity contribution in [3.8, 4) is 5.75 Å². The lowest BCUT2D eigenvalue weighted by Crippen LogP contribution is -2.28. The van der Waals surface area contributed by atoms with Crippen molar-refractivity contribution in [3.63, 3.8) is 0 Å². The number of hydrogen-bond donors (Lipinski definition) is 3. The van der Waals surface area contributed by atoms with Gasteiger partial charge in [0, 0.05) is 24.7 Å². The third-order valence-electron chi connectivity index (χ3n) is 6.06. The van der Waals surface area contributed by atoms with Gasteiger partial charge in [0.1, 0.15) is 29.3 Å². The quantitative estimate of drug-likeness (QED) is 0.416. The van der Waals surface area contributed by atoms with E-state index < -0.39 is 29.1 Å². The highest BCUT2D eigenvalue weighted by Gasteiger charge is 2.33. The Morgan fingerprint density at radius 2 is 1.89 bits per heavy atom. The van der Waals surface area contributed by atoms with Gasteiger partial charge in [-0.05, 0) is 57.6 Å². The van der Waals surface area contributed by atoms with Crippen molar-refractivity contribution in [2.45, 2.75) is 57.2 Å². The fraction of sp³-hybridized carbons (Fsp3) is 0.480. The Balaban J connectivity index is 1.64. The molecule has 194 valence electrons. The first-order valence-electron chi connectivity index (χ1n) is 11.7. The number of pyridine rings is 1. The molecule has 2 heterocycles. The van der Waals surface area contributed by atoms with Gasteiger partial charge in [-0.25, -0.2) is 9.97 Å². The van der Waals surface area contributed by atoms with Crippen molar-refractivity contribution in [1.82, 2.24) is 9.97 Å². The van der Waals surface area contributed by atoms with Crippen LogP contribution in [0.5, 0.6) is 5.75 Å². The van der Waals surface area contributed by atoms with E-state index in [1.807, 2.05) is 0 Å². The molecule has 1 aliphatic carbocycles. The second-order valence-electron chi connectivity index (χ2n) is 9.73. The van der Waals surface area contributed by atoms with E-state index in [0.29, 0.717) is 17.0 Å². The first-order chi connectivity index (χ1) is 16.9. The summed E-state index contributed by atoms with van der Waals surface area (Å²) in [5, 5.41) is 22.0. The molecule has 0 spiro atoms. The highest BCUT2D eigenvalue weighted by Crippen LogP contribution is 2.38. The number of rotatable bonds is 7. The van der Waals surface area contributed by atoms with Gasteiger partial charge in [0.05, 0.1) is 11.3 Å². The molecule has 1 fully saturated rings. The number of hydrogen-bond acceptors (Lipinski definition) is 7. The van der Waals surface area contributed by atoms with Gasteiger partial charge in [-0.15, -0.1) is 0 Å². The third kappa shape index (κ3) is 6.14. The lowest BCUT2D eigenvalue weighted by Gasteiger charge is -2.24. The standard InChI is InChI=1S/C25H28F3N3O5/c1-24(2,34)13-35-19-10-18-20(36-23(31-18)15-8-6-14(12-32)7-9-15)11-17(19)30-22(33)16-4-3-5-21(29-16)25(26,27)28/h3-5,10-11,14-15,32,34H,6-9,12-13H2,1-2H3,(H,30,33). The summed E-state index contributed by atoms with van der Waals surface area (Å²) in [7, 11) is 0. The maximum Gasteiger partial charge on any atom is 0.433 e. The molecular formula is C25H28F3N3O5. The molecule has 0 unspecified atom stereocenters. The summed E-state index contributed by atoms with van der Waals surface area (Å²) in [6.07, 6.45) is -1.31. The van der Waals surface area contributed by atoms with Crippen molar-refractivity contribution >= 4 is 22.7 Å². The molecule has 36 heavy (non-hydrogen) atoms. The Kier molecular flexibility index (Phi) is 7.24. The minimum Gasteiger partial charge on any atom is -0.488 e. The average Bonchev–Trinajstić information content (AvgIpc) is 3.24. The van der Waals surface area contributed by atoms with Gasteiger partial charge in [0.2, 0.25) is 0 Å². The number of aromatic nitrogens is 2. The molecule has 1 amide bonds. The Labute approximate surface area is 205 Å². The molecule has 2 aromatic heterocycles. The maximum absolute atomic E-state index is 13.0. The largest absolute Gasteiger partial charge is 0.488 e. The first kappa shape index (κ1) is 25.9. The molecule has 11 heteroatoms. The molecule has 8 nitrogen and oxygen atoms in total. The fourth-order valence-electron chi connectivity index (χ4n) is 4.12. The molecule has 1 saturated carbocycles. The maximum atomic E-state index is 13.0. The van der Waals surface area contributed by atoms with Crippen LogP contribution in [0, 0.1) is 5.92 Å². The molecule has 0 radical (unpaired) electrons. The number of anilines is 1. The van der Waals surface area contributed by atoms with Crippen LogP contribution in [0.25, 0.3) is 11.1 Å². The second kappa shape index (κ2) is 10.1. The number of ether oxygens (including phenoxy) is 1. The van der Waals surface area contributed by atoms with Gasteiger partial charge >= 0.3 is 6.18 Å². The zero-order valence-electron chi connectivity index (χ0n) is 19.9. The van der Waals surface area contributed by atoms with Crippen LogP contribution < -0.4 is 10.1 Å². The number of nitrogens with zero attached hydrogens (tertiary/aromatic N) is 2. The lowest BCUT2D eigenvalue weighted by molar-refractivity contribution is -0.141. The van der Waals surface area contributed by atoms with Crippen molar-refractivity contribution in [2.24, 2.45) is 5.92 Å². The molecule has 4 rings (SSSR count). The normalized spacial score (nSPS) is 18.9.